The molecule has 0 aliphatic rings. The third-order valence-corrected chi connectivity index (χ3v) is 6.53. The lowest BCUT2D eigenvalue weighted by atomic mass is 9.75. The molecular formula is C29H31N3O6. The van der Waals surface area contributed by atoms with Gasteiger partial charge in [-0.25, -0.2) is 9.78 Å². The fourth-order valence-electron chi connectivity index (χ4n) is 4.73. The first-order valence-electron chi connectivity index (χ1n) is 12.2. The minimum absolute atomic E-state index is 0.0838. The maximum atomic E-state index is 13.1. The molecule has 0 saturated heterocycles. The lowest BCUT2D eigenvalue weighted by Gasteiger charge is -2.29. The highest BCUT2D eigenvalue weighted by molar-refractivity contribution is 5.96. The van der Waals surface area contributed by atoms with Crippen molar-refractivity contribution in [3.63, 3.8) is 0 Å². The topological polar surface area (TPSA) is 117 Å². The number of nitrogens with zero attached hydrogens (tertiary/aromatic N) is 3. The van der Waals surface area contributed by atoms with Crippen LogP contribution in [0.25, 0.3) is 22.0 Å². The molecule has 0 aliphatic carbocycles. The van der Waals surface area contributed by atoms with E-state index in [2.05, 4.69) is 6.07 Å². The summed E-state index contributed by atoms with van der Waals surface area (Å²) < 4.78 is 24.1. The average Bonchev–Trinajstić information content (AvgIpc) is 3.50. The Kier molecular flexibility index (Phi) is 6.94. The summed E-state index contributed by atoms with van der Waals surface area (Å²) in [6.45, 7) is 9.25. The monoisotopic (exact) mass is 517 g/mol. The first-order chi connectivity index (χ1) is 17.9. The van der Waals surface area contributed by atoms with E-state index in [4.69, 9.17) is 23.6 Å². The van der Waals surface area contributed by atoms with E-state index in [1.165, 1.54) is 11.7 Å². The van der Waals surface area contributed by atoms with Crippen molar-refractivity contribution in [3.8, 4) is 11.8 Å². The van der Waals surface area contributed by atoms with E-state index >= 15 is 0 Å². The highest BCUT2D eigenvalue weighted by atomic mass is 16.6. The average molecular weight is 518 g/mol. The molecule has 1 unspecified atom stereocenters. The van der Waals surface area contributed by atoms with Gasteiger partial charge in [-0.15, -0.1) is 0 Å². The van der Waals surface area contributed by atoms with Crippen molar-refractivity contribution in [2.75, 3.05) is 14.2 Å². The fourth-order valence-corrected chi connectivity index (χ4v) is 4.73. The van der Waals surface area contributed by atoms with Gasteiger partial charge in [-0.05, 0) is 76.9 Å². The molecule has 38 heavy (non-hydrogen) atoms. The first-order valence-corrected chi connectivity index (χ1v) is 12.2. The van der Waals surface area contributed by atoms with Gasteiger partial charge >= 0.3 is 12.1 Å². The van der Waals surface area contributed by atoms with Gasteiger partial charge in [-0.3, -0.25) is 9.36 Å². The second-order valence-corrected chi connectivity index (χ2v) is 10.4. The predicted molar refractivity (Wildman–Crippen MR) is 141 cm³/mol. The summed E-state index contributed by atoms with van der Waals surface area (Å²) in [5.74, 6) is 0.525. The minimum atomic E-state index is -0.975. The van der Waals surface area contributed by atoms with Crippen molar-refractivity contribution in [1.29, 1.82) is 5.26 Å². The summed E-state index contributed by atoms with van der Waals surface area (Å²) in [5, 5.41) is 10.1. The molecule has 1 atom stereocenters. The highest BCUT2D eigenvalue weighted by Gasteiger charge is 2.40. The van der Waals surface area contributed by atoms with Crippen LogP contribution < -0.4 is 4.74 Å². The number of esters is 1. The minimum Gasteiger partial charge on any atom is -0.496 e. The second kappa shape index (κ2) is 9.86. The number of carbonyl (C=O) groups excluding carboxylic acids is 2. The molecule has 0 N–H and O–H groups in total. The number of carbonyl (C=O) groups is 2. The standard InChI is InChI=1S/C29H31N3O6/c1-17-14-22(35-6)24(19-11-13-32(25(17)19)27(34)38-28(2,3)4)29(5,12-10-23(33)36-7)26-31-20-15-18(16-30)8-9-21(20)37-26/h8-9,11,13-15H,10,12H2,1-7H3. The van der Waals surface area contributed by atoms with Crippen molar-refractivity contribution < 1.29 is 28.2 Å². The molecule has 2 heterocycles. The van der Waals surface area contributed by atoms with E-state index in [9.17, 15) is 14.9 Å². The van der Waals surface area contributed by atoms with Crippen molar-refractivity contribution in [3.05, 3.63) is 59.1 Å². The van der Waals surface area contributed by atoms with Crippen LogP contribution in [0, 0.1) is 18.3 Å². The predicted octanol–water partition coefficient (Wildman–Crippen LogP) is 6.01. The van der Waals surface area contributed by atoms with E-state index in [-0.39, 0.29) is 18.8 Å². The van der Waals surface area contributed by atoms with Crippen molar-refractivity contribution in [2.24, 2.45) is 0 Å². The Labute approximate surface area is 220 Å². The molecule has 198 valence electrons. The van der Waals surface area contributed by atoms with E-state index < -0.39 is 17.1 Å². The van der Waals surface area contributed by atoms with Crippen molar-refractivity contribution >= 4 is 34.1 Å². The number of fused-ring (bicyclic) bond motifs is 2. The van der Waals surface area contributed by atoms with Crippen LogP contribution in [0.5, 0.6) is 5.75 Å². The van der Waals surface area contributed by atoms with Crippen LogP contribution in [0.15, 0.2) is 40.9 Å². The first kappa shape index (κ1) is 26.7. The number of benzene rings is 2. The zero-order valence-electron chi connectivity index (χ0n) is 22.7. The SMILES string of the molecule is COC(=O)CCC(C)(c1nc2cc(C#N)ccc2o1)c1c(OC)cc(C)c2c1ccn2C(=O)OC(C)(C)C. The number of hydrogen-bond acceptors (Lipinski definition) is 8. The van der Waals surface area contributed by atoms with Gasteiger partial charge in [0.05, 0.1) is 36.8 Å². The quantitative estimate of drug-likeness (QED) is 0.285. The fraction of sp³-hybridized carbons (Fsp3) is 0.379. The molecule has 0 fully saturated rings. The zero-order valence-corrected chi connectivity index (χ0v) is 22.7. The van der Waals surface area contributed by atoms with Gasteiger partial charge in [-0.2, -0.15) is 5.26 Å². The van der Waals surface area contributed by atoms with Crippen LogP contribution in [-0.2, 0) is 19.7 Å². The Balaban J connectivity index is 1.99. The molecule has 0 radical (unpaired) electrons. The molecule has 2 aromatic carbocycles. The van der Waals surface area contributed by atoms with Crippen LogP contribution in [-0.4, -0.2) is 41.4 Å². The molecule has 4 aromatic rings. The van der Waals surface area contributed by atoms with Gasteiger partial charge in [0.1, 0.15) is 16.9 Å². The largest absolute Gasteiger partial charge is 0.496 e. The van der Waals surface area contributed by atoms with Crippen LogP contribution >= 0.6 is 0 Å². The van der Waals surface area contributed by atoms with Crippen molar-refractivity contribution in [1.82, 2.24) is 9.55 Å². The summed E-state index contributed by atoms with van der Waals surface area (Å²) in [5.41, 5.74) is 2.01. The molecule has 0 spiro atoms. The van der Waals surface area contributed by atoms with Crippen LogP contribution in [0.3, 0.4) is 0 Å². The lowest BCUT2D eigenvalue weighted by molar-refractivity contribution is -0.141. The Morgan fingerprint density at radius 1 is 1.13 bits per heavy atom. The van der Waals surface area contributed by atoms with Gasteiger partial charge in [-0.1, -0.05) is 0 Å². The Bertz CT molecular complexity index is 1580. The molecule has 9 heteroatoms. The summed E-state index contributed by atoms with van der Waals surface area (Å²) in [7, 11) is 2.91. The molecule has 9 nitrogen and oxygen atoms in total. The Morgan fingerprint density at radius 3 is 2.50 bits per heavy atom. The number of hydrogen-bond donors (Lipinski definition) is 0. The van der Waals surface area contributed by atoms with Crippen molar-refractivity contribution in [2.45, 2.75) is 58.5 Å². The molecule has 2 aromatic heterocycles. The van der Waals surface area contributed by atoms with E-state index in [1.807, 2.05) is 46.8 Å². The number of nitriles is 1. The molecular weight excluding hydrogens is 486 g/mol. The number of aryl methyl sites for hydroxylation is 1. The van der Waals surface area contributed by atoms with Crippen LogP contribution in [0.4, 0.5) is 4.79 Å². The Morgan fingerprint density at radius 2 is 1.87 bits per heavy atom. The molecule has 4 rings (SSSR count). The van der Waals surface area contributed by atoms with Gasteiger partial charge in [0, 0.05) is 23.6 Å². The van der Waals surface area contributed by atoms with Crippen LogP contribution in [0.1, 0.15) is 63.1 Å². The third-order valence-electron chi connectivity index (χ3n) is 6.53. The number of methoxy groups -OCH3 is 2. The summed E-state index contributed by atoms with van der Waals surface area (Å²) in [6, 6.07) is 10.8. The summed E-state index contributed by atoms with van der Waals surface area (Å²) in [4.78, 5) is 30.1. The number of ether oxygens (including phenoxy) is 3. The highest BCUT2D eigenvalue weighted by Crippen LogP contribution is 2.46. The van der Waals surface area contributed by atoms with Gasteiger partial charge < -0.3 is 18.6 Å². The van der Waals surface area contributed by atoms with Gasteiger partial charge in [0.15, 0.2) is 5.58 Å². The van der Waals surface area contributed by atoms with E-state index in [0.29, 0.717) is 39.4 Å². The van der Waals surface area contributed by atoms with Crippen LogP contribution in [0.2, 0.25) is 0 Å². The molecule has 0 amide bonds. The number of aromatic nitrogens is 2. The molecule has 0 bridgehead atoms. The molecule has 0 saturated carbocycles. The number of rotatable bonds is 6. The third kappa shape index (κ3) is 4.82. The number of oxazole rings is 1. The summed E-state index contributed by atoms with van der Waals surface area (Å²) in [6.07, 6.45) is 1.53. The normalized spacial score (nSPS) is 13.2. The van der Waals surface area contributed by atoms with E-state index in [1.54, 1.807) is 31.5 Å². The second-order valence-electron chi connectivity index (χ2n) is 10.4. The van der Waals surface area contributed by atoms with Gasteiger partial charge in [0.2, 0.25) is 5.89 Å². The van der Waals surface area contributed by atoms with E-state index in [0.717, 1.165) is 10.9 Å². The molecule has 0 aliphatic heterocycles. The Hall–Kier alpha value is -4.32. The lowest BCUT2D eigenvalue weighted by Crippen LogP contribution is -2.28. The smallest absolute Gasteiger partial charge is 0.419 e. The zero-order chi connectivity index (χ0) is 27.8. The maximum Gasteiger partial charge on any atom is 0.419 e. The summed E-state index contributed by atoms with van der Waals surface area (Å²) >= 11 is 0. The van der Waals surface area contributed by atoms with Gasteiger partial charge in [0.25, 0.3) is 0 Å². The maximum absolute atomic E-state index is 13.1.